The Labute approximate surface area is 146 Å². The van der Waals surface area contributed by atoms with Gasteiger partial charge in [-0.15, -0.1) is 0 Å². The van der Waals surface area contributed by atoms with Crippen molar-refractivity contribution in [2.45, 2.75) is 24.9 Å². The maximum Gasteiger partial charge on any atom is 0.182 e. The van der Waals surface area contributed by atoms with Gasteiger partial charge >= 0.3 is 0 Å². The fourth-order valence-electron chi connectivity index (χ4n) is 3.38. The Hall–Kier alpha value is -2.67. The second kappa shape index (κ2) is 6.68. The predicted octanol–water partition coefficient (Wildman–Crippen LogP) is 2.19. The lowest BCUT2D eigenvalue weighted by atomic mass is 9.88. The molecule has 1 aliphatic heterocycles. The van der Waals surface area contributed by atoms with E-state index in [1.54, 1.807) is 6.33 Å². The Morgan fingerprint density at radius 2 is 1.92 bits per heavy atom. The minimum atomic E-state index is -0.627. The lowest BCUT2D eigenvalue weighted by molar-refractivity contribution is 0.0113. The third-order valence-electron chi connectivity index (χ3n) is 4.92. The molecular weight excluding hydrogens is 316 g/mol. The number of hydrogen-bond donors (Lipinski definition) is 3. The number of para-hydroxylation sites is 1. The van der Waals surface area contributed by atoms with Gasteiger partial charge in [-0.2, -0.15) is 0 Å². The Morgan fingerprint density at radius 3 is 2.72 bits per heavy atom. The first-order valence-electron chi connectivity index (χ1n) is 8.64. The normalized spacial score (nSPS) is 16.9. The molecule has 0 amide bonds. The first-order valence-corrected chi connectivity index (χ1v) is 8.64. The van der Waals surface area contributed by atoms with E-state index >= 15 is 0 Å². The van der Waals surface area contributed by atoms with Crippen molar-refractivity contribution >= 4 is 22.7 Å². The van der Waals surface area contributed by atoms with Gasteiger partial charge < -0.3 is 20.3 Å². The van der Waals surface area contributed by atoms with Crippen LogP contribution in [0.25, 0.3) is 11.2 Å². The number of nitrogens with one attached hydrogen (secondary N) is 2. The maximum absolute atomic E-state index is 10.9. The van der Waals surface area contributed by atoms with E-state index in [-0.39, 0.29) is 0 Å². The Kier molecular flexibility index (Phi) is 4.23. The van der Waals surface area contributed by atoms with Crippen LogP contribution in [-0.2, 0) is 0 Å². The molecule has 130 valence electrons. The summed E-state index contributed by atoms with van der Waals surface area (Å²) < 4.78 is 0. The van der Waals surface area contributed by atoms with Crippen molar-refractivity contribution in [2.24, 2.45) is 0 Å². The van der Waals surface area contributed by atoms with E-state index < -0.39 is 5.60 Å². The average Bonchev–Trinajstić information content (AvgIpc) is 3.13. The van der Waals surface area contributed by atoms with Crippen LogP contribution in [-0.4, -0.2) is 50.3 Å². The van der Waals surface area contributed by atoms with Crippen molar-refractivity contribution < 1.29 is 5.11 Å². The lowest BCUT2D eigenvalue weighted by Gasteiger charge is -2.39. The summed E-state index contributed by atoms with van der Waals surface area (Å²) in [6, 6.07) is 10.4. The van der Waals surface area contributed by atoms with Gasteiger partial charge in [0, 0.05) is 25.3 Å². The summed E-state index contributed by atoms with van der Waals surface area (Å²) >= 11 is 0. The molecule has 25 heavy (non-hydrogen) atoms. The third-order valence-corrected chi connectivity index (χ3v) is 4.92. The van der Waals surface area contributed by atoms with Crippen LogP contribution < -0.4 is 10.2 Å². The zero-order chi connectivity index (χ0) is 17.1. The summed E-state index contributed by atoms with van der Waals surface area (Å²) in [5.41, 5.74) is 2.05. The van der Waals surface area contributed by atoms with Gasteiger partial charge in [0.05, 0.1) is 11.9 Å². The van der Waals surface area contributed by atoms with Crippen LogP contribution in [0.5, 0.6) is 0 Å². The molecule has 0 bridgehead atoms. The smallest absolute Gasteiger partial charge is 0.182 e. The number of imidazole rings is 1. The summed E-state index contributed by atoms with van der Waals surface area (Å²) in [6.07, 6.45) is 5.34. The van der Waals surface area contributed by atoms with E-state index in [1.165, 1.54) is 12.0 Å². The van der Waals surface area contributed by atoms with Crippen LogP contribution in [0.1, 0.15) is 19.3 Å². The number of piperidine rings is 1. The molecule has 1 aliphatic rings. The van der Waals surface area contributed by atoms with Gasteiger partial charge in [0.2, 0.25) is 0 Å². The first-order chi connectivity index (χ1) is 12.2. The number of hydrogen-bond acceptors (Lipinski definition) is 6. The molecule has 1 fully saturated rings. The highest BCUT2D eigenvalue weighted by Crippen LogP contribution is 2.28. The predicted molar refractivity (Wildman–Crippen MR) is 97.6 cm³/mol. The Morgan fingerprint density at radius 1 is 1.12 bits per heavy atom. The summed E-state index contributed by atoms with van der Waals surface area (Å²) in [6.45, 7) is 2.41. The maximum atomic E-state index is 10.9. The molecule has 1 saturated heterocycles. The van der Waals surface area contributed by atoms with Crippen molar-refractivity contribution in [2.75, 3.05) is 29.9 Å². The van der Waals surface area contributed by atoms with Crippen LogP contribution >= 0.6 is 0 Å². The summed E-state index contributed by atoms with van der Waals surface area (Å²) in [7, 11) is 0. The third kappa shape index (κ3) is 3.41. The largest absolute Gasteiger partial charge is 0.390 e. The summed E-state index contributed by atoms with van der Waals surface area (Å²) in [4.78, 5) is 17.9. The van der Waals surface area contributed by atoms with Gasteiger partial charge in [-0.05, 0) is 31.4 Å². The van der Waals surface area contributed by atoms with Crippen molar-refractivity contribution in [3.63, 3.8) is 0 Å². The molecule has 7 nitrogen and oxygen atoms in total. The standard InChI is InChI=1S/C18H22N6O/c25-18(7-10-24(11-8-18)14-4-2-1-3-5-14)6-9-19-16-15-17(21-12-20-15)23-13-22-16/h1-5,12-13,25H,6-11H2,(H2,19,20,21,22,23). The highest BCUT2D eigenvalue weighted by molar-refractivity contribution is 5.81. The molecule has 3 heterocycles. The fourth-order valence-corrected chi connectivity index (χ4v) is 3.38. The Bertz CT molecular complexity index is 826. The molecule has 0 radical (unpaired) electrons. The molecule has 0 aliphatic carbocycles. The zero-order valence-corrected chi connectivity index (χ0v) is 14.0. The first kappa shape index (κ1) is 15.8. The number of aromatic nitrogens is 4. The van der Waals surface area contributed by atoms with Crippen LogP contribution in [0.2, 0.25) is 0 Å². The van der Waals surface area contributed by atoms with Crippen molar-refractivity contribution in [3.8, 4) is 0 Å². The van der Waals surface area contributed by atoms with Crippen molar-refractivity contribution in [3.05, 3.63) is 43.0 Å². The molecule has 3 aromatic rings. The molecule has 7 heteroatoms. The summed E-state index contributed by atoms with van der Waals surface area (Å²) in [5.74, 6) is 0.729. The van der Waals surface area contributed by atoms with Crippen LogP contribution in [0.4, 0.5) is 11.5 Å². The molecule has 2 aromatic heterocycles. The van der Waals surface area contributed by atoms with E-state index in [4.69, 9.17) is 0 Å². The molecule has 0 spiro atoms. The number of rotatable bonds is 5. The number of aromatic amines is 1. The molecule has 4 rings (SSSR count). The Balaban J connectivity index is 1.32. The number of aliphatic hydroxyl groups is 1. The topological polar surface area (TPSA) is 90.0 Å². The van der Waals surface area contributed by atoms with Crippen LogP contribution in [0.15, 0.2) is 43.0 Å². The molecular formula is C18H22N6O. The summed E-state index contributed by atoms with van der Waals surface area (Å²) in [5, 5.41) is 14.2. The highest BCUT2D eigenvalue weighted by atomic mass is 16.3. The van der Waals surface area contributed by atoms with Crippen LogP contribution in [0.3, 0.4) is 0 Å². The SMILES string of the molecule is OC1(CCNc2ncnc3nc[nH]c23)CCN(c2ccccc2)CC1. The highest BCUT2D eigenvalue weighted by Gasteiger charge is 2.31. The van der Waals surface area contributed by atoms with Gasteiger partial charge in [0.25, 0.3) is 0 Å². The number of fused-ring (bicyclic) bond motifs is 1. The quantitative estimate of drug-likeness (QED) is 0.661. The van der Waals surface area contributed by atoms with Crippen molar-refractivity contribution in [1.82, 2.24) is 19.9 Å². The molecule has 0 saturated carbocycles. The van der Waals surface area contributed by atoms with Crippen molar-refractivity contribution in [1.29, 1.82) is 0 Å². The monoisotopic (exact) mass is 338 g/mol. The van der Waals surface area contributed by atoms with E-state index in [0.717, 1.165) is 37.3 Å². The minimum absolute atomic E-state index is 0.627. The second-order valence-corrected chi connectivity index (χ2v) is 6.55. The zero-order valence-electron chi connectivity index (χ0n) is 14.0. The molecule has 1 aromatic carbocycles. The van der Waals surface area contributed by atoms with Gasteiger partial charge in [0.1, 0.15) is 11.8 Å². The molecule has 0 unspecified atom stereocenters. The average molecular weight is 338 g/mol. The van der Waals surface area contributed by atoms with E-state index in [0.29, 0.717) is 18.6 Å². The van der Waals surface area contributed by atoms with E-state index in [2.05, 4.69) is 54.4 Å². The van der Waals surface area contributed by atoms with E-state index in [1.807, 2.05) is 6.07 Å². The number of nitrogens with zero attached hydrogens (tertiary/aromatic N) is 4. The fraction of sp³-hybridized carbons (Fsp3) is 0.389. The number of benzene rings is 1. The number of anilines is 2. The number of H-pyrrole nitrogens is 1. The molecule has 3 N–H and O–H groups in total. The minimum Gasteiger partial charge on any atom is -0.390 e. The van der Waals surface area contributed by atoms with E-state index in [9.17, 15) is 5.11 Å². The lowest BCUT2D eigenvalue weighted by Crippen LogP contribution is -2.45. The van der Waals surface area contributed by atoms with Crippen LogP contribution in [0, 0.1) is 0 Å². The van der Waals surface area contributed by atoms with Gasteiger partial charge in [0.15, 0.2) is 11.5 Å². The van der Waals surface area contributed by atoms with Gasteiger partial charge in [-0.3, -0.25) is 0 Å². The van der Waals surface area contributed by atoms with Gasteiger partial charge in [-0.1, -0.05) is 18.2 Å². The second-order valence-electron chi connectivity index (χ2n) is 6.55. The van der Waals surface area contributed by atoms with Gasteiger partial charge in [-0.25, -0.2) is 15.0 Å². The molecule has 0 atom stereocenters.